The second kappa shape index (κ2) is 10.9. The normalized spacial score (nSPS) is 20.3. The van der Waals surface area contributed by atoms with Crippen LogP contribution >= 0.6 is 0 Å². The number of carbonyl (C=O) groups is 1. The van der Waals surface area contributed by atoms with Gasteiger partial charge in [-0.05, 0) is 31.5 Å². The Bertz CT molecular complexity index is 1410. The van der Waals surface area contributed by atoms with E-state index >= 15 is 0 Å². The van der Waals surface area contributed by atoms with Gasteiger partial charge in [0.15, 0.2) is 5.76 Å². The predicted molar refractivity (Wildman–Crippen MR) is 146 cm³/mol. The van der Waals surface area contributed by atoms with Crippen LogP contribution in [0.3, 0.4) is 0 Å². The van der Waals surface area contributed by atoms with Crippen LogP contribution in [0.5, 0.6) is 11.5 Å². The Morgan fingerprint density at radius 3 is 2.31 bits per heavy atom. The van der Waals surface area contributed by atoms with E-state index in [9.17, 15) is 13.2 Å². The maximum absolute atomic E-state index is 14.0. The number of aromatic nitrogens is 1. The first-order valence-corrected chi connectivity index (χ1v) is 14.4. The summed E-state index contributed by atoms with van der Waals surface area (Å²) >= 11 is 0. The number of carbonyl (C=O) groups excluding carboxylic acids is 1. The lowest BCUT2D eigenvalue weighted by molar-refractivity contribution is -0.135. The van der Waals surface area contributed by atoms with Crippen LogP contribution in [0.25, 0.3) is 0 Å². The lowest BCUT2D eigenvalue weighted by Gasteiger charge is -2.38. The molecule has 1 amide bonds. The van der Waals surface area contributed by atoms with Crippen molar-refractivity contribution in [3.05, 3.63) is 65.5 Å². The summed E-state index contributed by atoms with van der Waals surface area (Å²) in [5.41, 5.74) is 2.19. The molecule has 39 heavy (non-hydrogen) atoms. The van der Waals surface area contributed by atoms with E-state index < -0.39 is 15.9 Å². The molecule has 3 aromatic rings. The maximum Gasteiger partial charge on any atom is 0.248 e. The van der Waals surface area contributed by atoms with Gasteiger partial charge in [-0.1, -0.05) is 35.5 Å². The summed E-state index contributed by atoms with van der Waals surface area (Å²) in [6, 6.07) is 15.4. The topological polar surface area (TPSA) is 105 Å². The third-order valence-electron chi connectivity index (χ3n) is 7.72. The fourth-order valence-corrected chi connectivity index (χ4v) is 7.45. The molecule has 2 aromatic carbocycles. The number of methoxy groups -OCH3 is 2. The van der Waals surface area contributed by atoms with Crippen molar-refractivity contribution in [3.8, 4) is 11.5 Å². The van der Waals surface area contributed by atoms with Gasteiger partial charge in [0.25, 0.3) is 0 Å². The molecule has 2 atom stereocenters. The molecule has 2 saturated heterocycles. The van der Waals surface area contributed by atoms with Crippen molar-refractivity contribution < 1.29 is 27.2 Å². The largest absolute Gasteiger partial charge is 0.497 e. The lowest BCUT2D eigenvalue weighted by atomic mass is 9.88. The molecule has 0 bridgehead atoms. The number of aryl methyl sites for hydroxylation is 2. The van der Waals surface area contributed by atoms with Crippen LogP contribution in [-0.2, 0) is 14.8 Å². The van der Waals surface area contributed by atoms with Crippen molar-refractivity contribution in [1.29, 1.82) is 0 Å². The van der Waals surface area contributed by atoms with Gasteiger partial charge in [-0.2, -0.15) is 4.31 Å². The molecule has 0 radical (unpaired) electrons. The number of hydrogen-bond acceptors (Lipinski definition) is 8. The van der Waals surface area contributed by atoms with Crippen LogP contribution < -0.4 is 14.4 Å². The van der Waals surface area contributed by atoms with Gasteiger partial charge in [-0.15, -0.1) is 0 Å². The van der Waals surface area contributed by atoms with Gasteiger partial charge < -0.3 is 23.8 Å². The average molecular weight is 555 g/mol. The molecule has 5 rings (SSSR count). The quantitative estimate of drug-likeness (QED) is 0.439. The van der Waals surface area contributed by atoms with Gasteiger partial charge in [-0.25, -0.2) is 8.42 Å². The highest BCUT2D eigenvalue weighted by molar-refractivity contribution is 7.89. The molecule has 2 fully saturated rings. The molecule has 2 aliphatic rings. The van der Waals surface area contributed by atoms with Gasteiger partial charge in [-0.3, -0.25) is 4.79 Å². The monoisotopic (exact) mass is 554 g/mol. The van der Waals surface area contributed by atoms with Gasteiger partial charge in [0.05, 0.1) is 25.8 Å². The number of ether oxygens (including phenoxy) is 2. The van der Waals surface area contributed by atoms with E-state index in [1.165, 1.54) is 4.31 Å². The number of nitrogens with zero attached hydrogens (tertiary/aromatic N) is 4. The van der Waals surface area contributed by atoms with Crippen LogP contribution in [0.4, 0.5) is 5.69 Å². The molecule has 208 valence electrons. The number of anilines is 1. The summed E-state index contributed by atoms with van der Waals surface area (Å²) in [6.07, 6.45) is 0. The summed E-state index contributed by atoms with van der Waals surface area (Å²) in [7, 11) is -0.618. The van der Waals surface area contributed by atoms with E-state index in [0.29, 0.717) is 31.9 Å². The van der Waals surface area contributed by atoms with Crippen LogP contribution in [0, 0.1) is 19.8 Å². The first-order chi connectivity index (χ1) is 18.7. The molecule has 3 heterocycles. The minimum atomic E-state index is -3.88. The zero-order valence-electron chi connectivity index (χ0n) is 22.7. The number of piperazine rings is 1. The summed E-state index contributed by atoms with van der Waals surface area (Å²) < 4.78 is 44.8. The van der Waals surface area contributed by atoms with E-state index in [1.54, 1.807) is 28.1 Å². The van der Waals surface area contributed by atoms with Crippen LogP contribution in [-0.4, -0.2) is 82.2 Å². The SMILES string of the molecule is COc1ccc(OC)c(N2CCN(C(=O)[C@@H]3CN(S(=O)(=O)c4c(C)noc4C)C[C@H]3c3ccccc3)CC2)c1. The molecule has 0 unspecified atom stereocenters. The Morgan fingerprint density at radius 1 is 0.974 bits per heavy atom. The Labute approximate surface area is 229 Å². The first kappa shape index (κ1) is 27.0. The van der Waals surface area contributed by atoms with E-state index in [0.717, 1.165) is 22.7 Å². The molecule has 0 spiro atoms. The highest BCUT2D eigenvalue weighted by atomic mass is 32.2. The lowest BCUT2D eigenvalue weighted by Crippen LogP contribution is -2.51. The van der Waals surface area contributed by atoms with E-state index in [2.05, 4.69) is 10.1 Å². The third-order valence-corrected chi connectivity index (χ3v) is 9.79. The molecule has 11 heteroatoms. The summed E-state index contributed by atoms with van der Waals surface area (Å²) in [5, 5.41) is 3.84. The molecule has 1 aromatic heterocycles. The van der Waals surface area contributed by atoms with E-state index in [-0.39, 0.29) is 35.6 Å². The maximum atomic E-state index is 14.0. The molecule has 2 aliphatic heterocycles. The minimum absolute atomic E-state index is 0.0300. The zero-order valence-corrected chi connectivity index (χ0v) is 23.5. The van der Waals surface area contributed by atoms with Crippen LogP contribution in [0.2, 0.25) is 0 Å². The number of hydrogen-bond donors (Lipinski definition) is 0. The van der Waals surface area contributed by atoms with Gasteiger partial charge in [0.1, 0.15) is 22.1 Å². The van der Waals surface area contributed by atoms with Crippen molar-refractivity contribution in [1.82, 2.24) is 14.4 Å². The number of rotatable bonds is 7. The first-order valence-electron chi connectivity index (χ1n) is 13.0. The van der Waals surface area contributed by atoms with Gasteiger partial charge in [0.2, 0.25) is 15.9 Å². The van der Waals surface area contributed by atoms with Crippen molar-refractivity contribution in [2.75, 3.05) is 58.4 Å². The Kier molecular flexibility index (Phi) is 7.55. The average Bonchev–Trinajstić information content (AvgIpc) is 3.57. The number of amides is 1. The van der Waals surface area contributed by atoms with Crippen molar-refractivity contribution >= 4 is 21.6 Å². The molecular weight excluding hydrogens is 520 g/mol. The fourth-order valence-electron chi connectivity index (χ4n) is 5.67. The third kappa shape index (κ3) is 5.08. The Balaban J connectivity index is 1.37. The number of benzene rings is 2. The summed E-state index contributed by atoms with van der Waals surface area (Å²) in [5.74, 6) is 0.947. The Morgan fingerprint density at radius 2 is 1.69 bits per heavy atom. The van der Waals surface area contributed by atoms with Crippen molar-refractivity contribution in [2.45, 2.75) is 24.7 Å². The molecule has 0 aliphatic carbocycles. The van der Waals surface area contributed by atoms with E-state index in [1.807, 2.05) is 53.4 Å². The number of sulfonamides is 1. The molecule has 0 N–H and O–H groups in total. The zero-order chi connectivity index (χ0) is 27.7. The molecule has 10 nitrogen and oxygen atoms in total. The molecular formula is C28H34N4O6S. The second-order valence-electron chi connectivity index (χ2n) is 9.95. The summed E-state index contributed by atoms with van der Waals surface area (Å²) in [4.78, 5) is 18.1. The highest BCUT2D eigenvalue weighted by Gasteiger charge is 2.46. The predicted octanol–water partition coefficient (Wildman–Crippen LogP) is 3.06. The van der Waals surface area contributed by atoms with Crippen molar-refractivity contribution in [3.63, 3.8) is 0 Å². The van der Waals surface area contributed by atoms with Crippen LogP contribution in [0.15, 0.2) is 57.9 Å². The Hall–Kier alpha value is -3.57. The minimum Gasteiger partial charge on any atom is -0.497 e. The smallest absolute Gasteiger partial charge is 0.248 e. The van der Waals surface area contributed by atoms with E-state index in [4.69, 9.17) is 14.0 Å². The van der Waals surface area contributed by atoms with Crippen molar-refractivity contribution in [2.24, 2.45) is 5.92 Å². The van der Waals surface area contributed by atoms with Gasteiger partial charge >= 0.3 is 0 Å². The standard InChI is InChI=1S/C28H34N4O6S/c1-19-27(20(2)38-29-19)39(34,35)32-17-23(21-8-6-5-7-9-21)24(18-32)28(33)31-14-12-30(13-15-31)25-16-22(36-3)10-11-26(25)37-4/h5-11,16,23-24H,12-15,17-18H2,1-4H3/t23-,24+/m0/s1. The highest BCUT2D eigenvalue weighted by Crippen LogP contribution is 2.39. The summed E-state index contributed by atoms with van der Waals surface area (Å²) in [6.45, 7) is 5.83. The van der Waals surface area contributed by atoms with Gasteiger partial charge in [0, 0.05) is 51.3 Å². The molecule has 0 saturated carbocycles. The fraction of sp³-hybridized carbons (Fsp3) is 0.429. The second-order valence-corrected chi connectivity index (χ2v) is 11.8. The van der Waals surface area contributed by atoms with Crippen LogP contribution in [0.1, 0.15) is 22.9 Å².